The van der Waals surface area contributed by atoms with E-state index in [0.717, 1.165) is 12.0 Å². The minimum atomic E-state index is -1.29. The van der Waals surface area contributed by atoms with Crippen LogP contribution in [0.3, 0.4) is 0 Å². The van der Waals surface area contributed by atoms with Gasteiger partial charge in [-0.05, 0) is 19.1 Å². The molecule has 1 aliphatic rings. The summed E-state index contributed by atoms with van der Waals surface area (Å²) in [5, 5.41) is 28.5. The highest BCUT2D eigenvalue weighted by Crippen LogP contribution is 2.15. The highest BCUT2D eigenvalue weighted by Gasteiger charge is 2.22. The van der Waals surface area contributed by atoms with Crippen molar-refractivity contribution in [3.05, 3.63) is 40.1 Å². The summed E-state index contributed by atoms with van der Waals surface area (Å²) < 4.78 is 11.0. The maximum atomic E-state index is 12.5. The lowest BCUT2D eigenvalue weighted by Crippen LogP contribution is -2.49. The van der Waals surface area contributed by atoms with Gasteiger partial charge >= 0.3 is 0 Å². The van der Waals surface area contributed by atoms with Crippen LogP contribution in [-0.4, -0.2) is 85.4 Å². The van der Waals surface area contributed by atoms with Gasteiger partial charge in [0.15, 0.2) is 0 Å². The Balaban J connectivity index is 1.75. The quantitative estimate of drug-likeness (QED) is 0.131. The highest BCUT2D eigenvalue weighted by molar-refractivity contribution is 5.76. The maximum absolute atomic E-state index is 12.5. The largest absolute Gasteiger partial charge is 0.484 e. The number of amides is 1. The molecule has 2 rings (SSSR count). The number of aliphatic hydroxyl groups is 1. The van der Waals surface area contributed by atoms with Crippen LogP contribution in [0.1, 0.15) is 18.9 Å². The predicted molar refractivity (Wildman–Crippen MR) is 120 cm³/mol. The van der Waals surface area contributed by atoms with Crippen LogP contribution in [0.25, 0.3) is 0 Å². The van der Waals surface area contributed by atoms with E-state index in [-0.39, 0.29) is 43.4 Å². The Kier molecular flexibility index (Phi) is 10.4. The number of rotatable bonds is 12. The van der Waals surface area contributed by atoms with Crippen LogP contribution in [0.15, 0.2) is 34.8 Å². The van der Waals surface area contributed by atoms with E-state index in [9.17, 15) is 14.8 Å². The lowest BCUT2D eigenvalue weighted by molar-refractivity contribution is -0.132. The van der Waals surface area contributed by atoms with Crippen LogP contribution in [-0.2, 0) is 14.3 Å². The number of carbonyl (C=O) groups excluding carboxylic acids is 1. The summed E-state index contributed by atoms with van der Waals surface area (Å²) in [6.45, 7) is 3.79. The van der Waals surface area contributed by atoms with Gasteiger partial charge < -0.3 is 35.5 Å². The van der Waals surface area contributed by atoms with Crippen molar-refractivity contribution in [3.8, 4) is 6.07 Å². The van der Waals surface area contributed by atoms with Crippen molar-refractivity contribution in [1.82, 2.24) is 9.88 Å². The van der Waals surface area contributed by atoms with E-state index in [0.29, 0.717) is 31.7 Å². The second-order valence-electron chi connectivity index (χ2n) is 7.40. The van der Waals surface area contributed by atoms with Crippen LogP contribution < -0.4 is 10.6 Å². The third-order valence-corrected chi connectivity index (χ3v) is 5.13. The lowest BCUT2D eigenvalue weighted by atomic mass is 10.2. The van der Waals surface area contributed by atoms with Crippen molar-refractivity contribution in [2.24, 2.45) is 10.9 Å². The van der Waals surface area contributed by atoms with E-state index < -0.39 is 12.3 Å². The molecule has 2 heterocycles. The Labute approximate surface area is 192 Å². The van der Waals surface area contributed by atoms with Crippen molar-refractivity contribution in [3.63, 3.8) is 0 Å². The van der Waals surface area contributed by atoms with Crippen LogP contribution in [0.4, 0.5) is 5.82 Å². The molecule has 1 fully saturated rings. The van der Waals surface area contributed by atoms with Gasteiger partial charge in [-0.1, -0.05) is 5.18 Å². The molecule has 1 saturated heterocycles. The van der Waals surface area contributed by atoms with Crippen molar-refractivity contribution in [2.75, 3.05) is 50.8 Å². The Morgan fingerprint density at radius 1 is 1.42 bits per heavy atom. The molecule has 12 heteroatoms. The molecule has 1 amide bonds. The van der Waals surface area contributed by atoms with Crippen molar-refractivity contribution in [2.45, 2.75) is 25.7 Å². The Morgan fingerprint density at radius 3 is 2.70 bits per heavy atom. The summed E-state index contributed by atoms with van der Waals surface area (Å²) in [7, 11) is 0. The van der Waals surface area contributed by atoms with Gasteiger partial charge in [-0.25, -0.2) is 4.98 Å². The first-order chi connectivity index (χ1) is 15.9. The molecule has 2 atom stereocenters. The lowest BCUT2D eigenvalue weighted by Gasteiger charge is -2.35. The summed E-state index contributed by atoms with van der Waals surface area (Å²) in [4.78, 5) is 31.3. The second kappa shape index (κ2) is 13.2. The molecular weight excluding hydrogens is 430 g/mol. The standard InChI is InChI=1S/C21H29N7O5/c1-15(21(24)30)18(11-23)33-17(13-26-31)14-32-9-4-20(29)28-7-5-27(6-8-28)19-3-2-16(10-22)12-25-19/h2-3,11-12,17,21,23,30H,4-9,13-14,24H2,1H3/b18-15+,23-11?. The maximum Gasteiger partial charge on any atom is 0.225 e. The zero-order chi connectivity index (χ0) is 24.2. The van der Waals surface area contributed by atoms with Gasteiger partial charge in [0.2, 0.25) is 5.91 Å². The fraction of sp³-hybridized carbons (Fsp3) is 0.524. The predicted octanol–water partition coefficient (Wildman–Crippen LogP) is 0.361. The number of ether oxygens (including phenoxy) is 2. The number of carbonyl (C=O) groups is 1. The molecular formula is C21H29N7O5. The fourth-order valence-electron chi connectivity index (χ4n) is 3.13. The molecule has 0 saturated carbocycles. The third-order valence-electron chi connectivity index (χ3n) is 5.13. The second-order valence-corrected chi connectivity index (χ2v) is 7.40. The zero-order valence-electron chi connectivity index (χ0n) is 18.5. The summed E-state index contributed by atoms with van der Waals surface area (Å²) >= 11 is 0. The number of hydrogen-bond acceptors (Lipinski definition) is 11. The first kappa shape index (κ1) is 25.9. The summed E-state index contributed by atoms with van der Waals surface area (Å²) in [5.74, 6) is 0.763. The van der Waals surface area contributed by atoms with E-state index in [1.54, 1.807) is 17.0 Å². The number of nitriles is 1. The number of nitrogens with two attached hydrogens (primary N) is 1. The first-order valence-corrected chi connectivity index (χ1v) is 10.5. The molecule has 1 aliphatic heterocycles. The molecule has 178 valence electrons. The number of allylic oxidation sites excluding steroid dienone is 1. The molecule has 0 spiro atoms. The third kappa shape index (κ3) is 7.90. The van der Waals surface area contributed by atoms with Crippen LogP contribution in [0, 0.1) is 21.6 Å². The number of pyridine rings is 1. The molecule has 1 aromatic rings. The monoisotopic (exact) mass is 459 g/mol. The highest BCUT2D eigenvalue weighted by atomic mass is 16.5. The number of piperazine rings is 1. The van der Waals surface area contributed by atoms with Gasteiger partial charge in [0.25, 0.3) is 0 Å². The molecule has 0 bridgehead atoms. The zero-order valence-corrected chi connectivity index (χ0v) is 18.5. The van der Waals surface area contributed by atoms with Crippen LogP contribution >= 0.6 is 0 Å². The molecule has 0 radical (unpaired) electrons. The Bertz CT molecular complexity index is 874. The van der Waals surface area contributed by atoms with Crippen LogP contribution in [0.2, 0.25) is 0 Å². The van der Waals surface area contributed by atoms with Crippen molar-refractivity contribution in [1.29, 1.82) is 10.7 Å². The average molecular weight is 460 g/mol. The van der Waals surface area contributed by atoms with Crippen LogP contribution in [0.5, 0.6) is 0 Å². The number of aliphatic hydroxyl groups excluding tert-OH is 1. The number of anilines is 1. The number of hydrogen-bond donors (Lipinski definition) is 3. The van der Waals surface area contributed by atoms with Crippen molar-refractivity contribution >= 4 is 17.9 Å². The molecule has 1 aromatic heterocycles. The number of aromatic nitrogens is 1. The van der Waals surface area contributed by atoms with Gasteiger partial charge in [-0.2, -0.15) is 10.2 Å². The van der Waals surface area contributed by atoms with E-state index in [2.05, 4.69) is 15.1 Å². The summed E-state index contributed by atoms with van der Waals surface area (Å²) in [6, 6.07) is 5.55. The van der Waals surface area contributed by atoms with E-state index in [1.807, 2.05) is 6.07 Å². The minimum Gasteiger partial charge on any atom is -0.484 e. The van der Waals surface area contributed by atoms with Gasteiger partial charge in [0.1, 0.15) is 36.5 Å². The fourth-order valence-corrected chi connectivity index (χ4v) is 3.13. The summed E-state index contributed by atoms with van der Waals surface area (Å²) in [5.41, 5.74) is 6.12. The van der Waals surface area contributed by atoms with E-state index >= 15 is 0 Å². The van der Waals surface area contributed by atoms with Crippen molar-refractivity contribution < 1.29 is 19.4 Å². The van der Waals surface area contributed by atoms with E-state index in [4.69, 9.17) is 25.9 Å². The normalized spacial score (nSPS) is 16.3. The van der Waals surface area contributed by atoms with Gasteiger partial charge in [0, 0.05) is 37.9 Å². The molecule has 12 nitrogen and oxygen atoms in total. The average Bonchev–Trinajstić information content (AvgIpc) is 2.84. The smallest absolute Gasteiger partial charge is 0.225 e. The number of nitrogens with zero attached hydrogens (tertiary/aromatic N) is 5. The number of nitroso groups, excluding NO2 is 1. The molecule has 0 aromatic carbocycles. The van der Waals surface area contributed by atoms with Gasteiger partial charge in [-0.15, -0.1) is 0 Å². The molecule has 2 unspecified atom stereocenters. The topological polar surface area (TPSA) is 178 Å². The minimum absolute atomic E-state index is 0.0115. The number of nitrogens with one attached hydrogen (secondary N) is 1. The SMILES string of the molecule is C/C(=C(/C=N)OC(CN=O)COCCC(=O)N1CCN(c2ccc(C#N)cn2)CC1)C(N)O. The van der Waals surface area contributed by atoms with Gasteiger partial charge in [0.05, 0.1) is 31.4 Å². The molecule has 33 heavy (non-hydrogen) atoms. The Hall–Kier alpha value is -3.40. The molecule has 0 aliphatic carbocycles. The van der Waals surface area contributed by atoms with Gasteiger partial charge in [-0.3, -0.25) is 4.79 Å². The Morgan fingerprint density at radius 2 is 2.15 bits per heavy atom. The summed E-state index contributed by atoms with van der Waals surface area (Å²) in [6.07, 6.45) is 0.524. The first-order valence-electron chi connectivity index (χ1n) is 10.5. The van der Waals surface area contributed by atoms with E-state index in [1.165, 1.54) is 13.1 Å². The molecule has 4 N–H and O–H groups in total.